The maximum absolute atomic E-state index is 11.4. The third-order valence-electron chi connectivity index (χ3n) is 2.87. The van der Waals surface area contributed by atoms with Crippen molar-refractivity contribution in [3.05, 3.63) is 23.8 Å². The van der Waals surface area contributed by atoms with Gasteiger partial charge in [0.1, 0.15) is 0 Å². The van der Waals surface area contributed by atoms with Gasteiger partial charge in [0.2, 0.25) is 0 Å². The molecule has 1 rings (SSSR count). The van der Waals surface area contributed by atoms with Crippen LogP contribution >= 0.6 is 0 Å². The quantitative estimate of drug-likeness (QED) is 0.732. The van der Waals surface area contributed by atoms with Crippen LogP contribution in [0, 0.1) is 12.3 Å². The van der Waals surface area contributed by atoms with Gasteiger partial charge in [-0.2, -0.15) is 0 Å². The molecule has 0 fully saturated rings. The molecule has 0 saturated heterocycles. The first-order valence-electron chi connectivity index (χ1n) is 6.30. The summed E-state index contributed by atoms with van der Waals surface area (Å²) in [6.45, 7) is 2.14. The third kappa shape index (κ3) is 4.48. The molecule has 0 heterocycles. The van der Waals surface area contributed by atoms with E-state index in [9.17, 15) is 4.79 Å². The van der Waals surface area contributed by atoms with Crippen molar-refractivity contribution in [3.63, 3.8) is 0 Å². The van der Waals surface area contributed by atoms with Crippen LogP contribution in [-0.4, -0.2) is 33.2 Å². The molecule has 1 amide bonds. The fourth-order valence-electron chi connectivity index (χ4n) is 1.58. The SMILES string of the molecule is C#CCNC(=O)COc1ccc(C(C)NC)cc1OC. The van der Waals surface area contributed by atoms with E-state index in [0.717, 1.165) is 5.56 Å². The first-order valence-corrected chi connectivity index (χ1v) is 6.30. The molecule has 0 spiro atoms. The van der Waals surface area contributed by atoms with Gasteiger partial charge < -0.3 is 20.1 Å². The largest absolute Gasteiger partial charge is 0.493 e. The van der Waals surface area contributed by atoms with Crippen LogP contribution in [-0.2, 0) is 4.79 Å². The van der Waals surface area contributed by atoms with E-state index in [1.54, 1.807) is 13.2 Å². The molecule has 1 aromatic rings. The van der Waals surface area contributed by atoms with Gasteiger partial charge in [0.05, 0.1) is 13.7 Å². The summed E-state index contributed by atoms with van der Waals surface area (Å²) in [5.74, 6) is 3.18. The van der Waals surface area contributed by atoms with Crippen LogP contribution < -0.4 is 20.1 Å². The highest BCUT2D eigenvalue weighted by atomic mass is 16.5. The van der Waals surface area contributed by atoms with Crippen molar-refractivity contribution in [3.8, 4) is 23.8 Å². The summed E-state index contributed by atoms with van der Waals surface area (Å²) in [4.78, 5) is 11.4. The number of hydrogen-bond acceptors (Lipinski definition) is 4. The first kappa shape index (κ1) is 15.9. The Bertz CT molecular complexity index is 494. The Morgan fingerprint density at radius 2 is 2.20 bits per heavy atom. The van der Waals surface area contributed by atoms with Crippen molar-refractivity contribution in [1.29, 1.82) is 0 Å². The first-order chi connectivity index (χ1) is 9.62. The monoisotopic (exact) mass is 276 g/mol. The number of carbonyl (C=O) groups is 1. The van der Waals surface area contributed by atoms with E-state index in [4.69, 9.17) is 15.9 Å². The number of nitrogens with one attached hydrogen (secondary N) is 2. The lowest BCUT2D eigenvalue weighted by molar-refractivity contribution is -0.122. The molecule has 0 aromatic heterocycles. The van der Waals surface area contributed by atoms with Crippen LogP contribution in [0.1, 0.15) is 18.5 Å². The maximum Gasteiger partial charge on any atom is 0.258 e. The summed E-state index contributed by atoms with van der Waals surface area (Å²) in [5, 5.41) is 5.67. The number of methoxy groups -OCH3 is 1. The number of rotatable bonds is 7. The average Bonchev–Trinajstić information content (AvgIpc) is 2.49. The highest BCUT2D eigenvalue weighted by Crippen LogP contribution is 2.30. The van der Waals surface area contributed by atoms with Crippen LogP contribution in [0.4, 0.5) is 0 Å². The summed E-state index contributed by atoms with van der Waals surface area (Å²) in [6, 6.07) is 5.81. The predicted octanol–water partition coefficient (Wildman–Crippen LogP) is 1.10. The summed E-state index contributed by atoms with van der Waals surface area (Å²) < 4.78 is 10.7. The number of carbonyl (C=O) groups excluding carboxylic acids is 1. The zero-order valence-electron chi connectivity index (χ0n) is 12.0. The van der Waals surface area contributed by atoms with Crippen molar-refractivity contribution in [1.82, 2.24) is 10.6 Å². The minimum absolute atomic E-state index is 0.0982. The minimum Gasteiger partial charge on any atom is -0.493 e. The van der Waals surface area contributed by atoms with Gasteiger partial charge >= 0.3 is 0 Å². The Kier molecular flexibility index (Phi) is 6.41. The zero-order chi connectivity index (χ0) is 15.0. The second-order valence-corrected chi connectivity index (χ2v) is 4.19. The normalized spacial score (nSPS) is 11.3. The molecule has 0 bridgehead atoms. The van der Waals surface area contributed by atoms with Crippen molar-refractivity contribution in [2.75, 3.05) is 27.3 Å². The molecule has 1 atom stereocenters. The van der Waals surface area contributed by atoms with E-state index in [1.165, 1.54) is 0 Å². The van der Waals surface area contributed by atoms with Gasteiger partial charge in [-0.15, -0.1) is 6.42 Å². The standard InChI is InChI=1S/C15H20N2O3/c1-5-8-17-15(18)10-20-13-7-6-12(11(2)16-3)9-14(13)19-4/h1,6-7,9,11,16H,8,10H2,2-4H3,(H,17,18). The molecular weight excluding hydrogens is 256 g/mol. The third-order valence-corrected chi connectivity index (χ3v) is 2.87. The van der Waals surface area contributed by atoms with Crippen molar-refractivity contribution in [2.24, 2.45) is 0 Å². The lowest BCUT2D eigenvalue weighted by atomic mass is 10.1. The Morgan fingerprint density at radius 1 is 1.45 bits per heavy atom. The van der Waals surface area contributed by atoms with E-state index in [0.29, 0.717) is 11.5 Å². The van der Waals surface area contributed by atoms with Gasteiger partial charge in [0, 0.05) is 6.04 Å². The summed E-state index contributed by atoms with van der Waals surface area (Å²) in [6.07, 6.45) is 5.06. The van der Waals surface area contributed by atoms with E-state index < -0.39 is 0 Å². The van der Waals surface area contributed by atoms with Gasteiger partial charge in [-0.05, 0) is 31.7 Å². The number of terminal acetylenes is 1. The Hall–Kier alpha value is -2.19. The molecule has 5 nitrogen and oxygen atoms in total. The van der Waals surface area contributed by atoms with Gasteiger partial charge in [-0.25, -0.2) is 0 Å². The van der Waals surface area contributed by atoms with Gasteiger partial charge in [0.15, 0.2) is 18.1 Å². The van der Waals surface area contributed by atoms with Crippen LogP contribution in [0.3, 0.4) is 0 Å². The van der Waals surface area contributed by atoms with E-state index in [1.807, 2.05) is 26.1 Å². The lowest BCUT2D eigenvalue weighted by Crippen LogP contribution is -2.29. The summed E-state index contributed by atoms with van der Waals surface area (Å²) in [5.41, 5.74) is 1.08. The van der Waals surface area contributed by atoms with Crippen molar-refractivity contribution in [2.45, 2.75) is 13.0 Å². The molecule has 5 heteroatoms. The second-order valence-electron chi connectivity index (χ2n) is 4.19. The Balaban J connectivity index is 2.71. The Morgan fingerprint density at radius 3 is 2.80 bits per heavy atom. The number of amides is 1. The summed E-state index contributed by atoms with van der Waals surface area (Å²) in [7, 11) is 3.45. The van der Waals surface area contributed by atoms with Crippen LogP contribution in [0.25, 0.3) is 0 Å². The molecule has 0 aliphatic heterocycles. The van der Waals surface area contributed by atoms with Crippen molar-refractivity contribution >= 4 is 5.91 Å². The fraction of sp³-hybridized carbons (Fsp3) is 0.400. The highest BCUT2D eigenvalue weighted by molar-refractivity contribution is 5.77. The molecule has 20 heavy (non-hydrogen) atoms. The van der Waals surface area contributed by atoms with E-state index in [-0.39, 0.29) is 25.1 Å². The Labute approximate surface area is 119 Å². The highest BCUT2D eigenvalue weighted by Gasteiger charge is 2.10. The molecule has 0 aliphatic carbocycles. The van der Waals surface area contributed by atoms with Crippen LogP contribution in [0.5, 0.6) is 11.5 Å². The predicted molar refractivity (Wildman–Crippen MR) is 77.8 cm³/mol. The molecule has 0 aliphatic rings. The second kappa shape index (κ2) is 8.08. The minimum atomic E-state index is -0.266. The van der Waals surface area contributed by atoms with Gasteiger partial charge in [-0.3, -0.25) is 4.79 Å². The molecule has 2 N–H and O–H groups in total. The topological polar surface area (TPSA) is 59.6 Å². The van der Waals surface area contributed by atoms with E-state index >= 15 is 0 Å². The van der Waals surface area contributed by atoms with Gasteiger partial charge in [0.25, 0.3) is 5.91 Å². The number of ether oxygens (including phenoxy) is 2. The smallest absolute Gasteiger partial charge is 0.258 e. The fourth-order valence-corrected chi connectivity index (χ4v) is 1.58. The molecule has 1 unspecified atom stereocenters. The maximum atomic E-state index is 11.4. The molecule has 1 aromatic carbocycles. The zero-order valence-corrected chi connectivity index (χ0v) is 12.0. The van der Waals surface area contributed by atoms with E-state index in [2.05, 4.69) is 16.6 Å². The average molecular weight is 276 g/mol. The number of hydrogen-bond donors (Lipinski definition) is 2. The molecule has 0 saturated carbocycles. The summed E-state index contributed by atoms with van der Waals surface area (Å²) >= 11 is 0. The molecule has 0 radical (unpaired) electrons. The van der Waals surface area contributed by atoms with Crippen LogP contribution in [0.15, 0.2) is 18.2 Å². The lowest BCUT2D eigenvalue weighted by Gasteiger charge is -2.15. The van der Waals surface area contributed by atoms with Gasteiger partial charge in [-0.1, -0.05) is 12.0 Å². The van der Waals surface area contributed by atoms with Crippen molar-refractivity contribution < 1.29 is 14.3 Å². The van der Waals surface area contributed by atoms with Crippen LogP contribution in [0.2, 0.25) is 0 Å². The molecular formula is C15H20N2O3. The number of benzene rings is 1. The molecule has 108 valence electrons.